The molecule has 0 bridgehead atoms. The first-order valence-corrected chi connectivity index (χ1v) is 7.23. The molecule has 1 N–H and O–H groups in total. The maximum atomic E-state index is 10.9. The Morgan fingerprint density at radius 2 is 2.17 bits per heavy atom. The number of ether oxygens (including phenoxy) is 1. The molecule has 0 fully saturated rings. The van der Waals surface area contributed by atoms with Crippen molar-refractivity contribution in [1.29, 1.82) is 0 Å². The summed E-state index contributed by atoms with van der Waals surface area (Å²) in [5.41, 5.74) is 1.07. The number of aromatic nitrogens is 2. The Morgan fingerprint density at radius 1 is 1.42 bits per heavy atom. The average molecular weight is 330 g/mol. The van der Waals surface area contributed by atoms with Crippen LogP contribution in [0.2, 0.25) is 0 Å². The van der Waals surface area contributed by atoms with Crippen molar-refractivity contribution < 1.29 is 19.6 Å². The molecule has 0 aliphatic carbocycles. The fourth-order valence-corrected chi connectivity index (χ4v) is 2.36. The summed E-state index contributed by atoms with van der Waals surface area (Å²) in [6, 6.07) is 6.62. The smallest absolute Gasteiger partial charge is 0.414 e. The largest absolute Gasteiger partial charge is 0.478 e. The molecule has 0 spiro atoms. The maximum absolute atomic E-state index is 10.9. The van der Waals surface area contributed by atoms with Gasteiger partial charge in [-0.15, -0.1) is 0 Å². The molecule has 2 aromatic rings. The van der Waals surface area contributed by atoms with Gasteiger partial charge in [-0.2, -0.15) is 0 Å². The predicted octanol–water partition coefficient (Wildman–Crippen LogP) is 1.56. The Kier molecular flexibility index (Phi) is 4.23. The molecule has 24 heavy (non-hydrogen) atoms. The highest BCUT2D eigenvalue weighted by Crippen LogP contribution is 2.20. The lowest BCUT2D eigenvalue weighted by atomic mass is 10.1. The minimum Gasteiger partial charge on any atom is -0.478 e. The standard InChI is InChI=1S/C15H14N4O5/c20-14(21)11-3-1-10(2-4-11)7-12-8-16-5-6-18-9-13(19(22)23)17-15(18)24-12/h1-4,8-9,12H,5-7H2,(H,20,21). The first-order chi connectivity index (χ1) is 11.5. The van der Waals surface area contributed by atoms with Gasteiger partial charge in [-0.3, -0.25) is 9.56 Å². The van der Waals surface area contributed by atoms with Gasteiger partial charge >= 0.3 is 17.8 Å². The van der Waals surface area contributed by atoms with Gasteiger partial charge in [0, 0.05) is 24.2 Å². The average Bonchev–Trinajstić information content (AvgIpc) is 2.92. The highest BCUT2D eigenvalue weighted by Gasteiger charge is 2.24. The van der Waals surface area contributed by atoms with Gasteiger partial charge in [0.2, 0.25) is 0 Å². The molecular weight excluding hydrogens is 316 g/mol. The summed E-state index contributed by atoms with van der Waals surface area (Å²) in [5.74, 6) is -1.25. The Morgan fingerprint density at radius 3 is 2.83 bits per heavy atom. The summed E-state index contributed by atoms with van der Waals surface area (Å²) in [6.07, 6.45) is 2.98. The van der Waals surface area contributed by atoms with Gasteiger partial charge in [0.05, 0.1) is 12.1 Å². The zero-order valence-electron chi connectivity index (χ0n) is 12.5. The summed E-state index contributed by atoms with van der Waals surface area (Å²) in [6.45, 7) is 0.922. The summed E-state index contributed by atoms with van der Waals surface area (Å²) < 4.78 is 7.30. The number of fused-ring (bicyclic) bond motifs is 1. The molecule has 1 unspecified atom stereocenters. The maximum Gasteiger partial charge on any atom is 0.414 e. The number of benzene rings is 1. The van der Waals surface area contributed by atoms with Crippen LogP contribution in [0, 0.1) is 10.1 Å². The Hall–Kier alpha value is -3.23. The van der Waals surface area contributed by atoms with E-state index in [2.05, 4.69) is 9.98 Å². The number of hydrogen-bond acceptors (Lipinski definition) is 6. The molecule has 9 nitrogen and oxygen atoms in total. The van der Waals surface area contributed by atoms with Crippen LogP contribution in [-0.4, -0.2) is 44.4 Å². The predicted molar refractivity (Wildman–Crippen MR) is 83.8 cm³/mol. The molecule has 1 aromatic carbocycles. The molecular formula is C15H14N4O5. The van der Waals surface area contributed by atoms with E-state index in [1.54, 1.807) is 22.9 Å². The lowest BCUT2D eigenvalue weighted by molar-refractivity contribution is -0.389. The van der Waals surface area contributed by atoms with Gasteiger partial charge in [0.1, 0.15) is 12.3 Å². The quantitative estimate of drug-likeness (QED) is 0.671. The fraction of sp³-hybridized carbons (Fsp3) is 0.267. The van der Waals surface area contributed by atoms with Crippen molar-refractivity contribution in [3.63, 3.8) is 0 Å². The van der Waals surface area contributed by atoms with Crippen molar-refractivity contribution in [2.45, 2.75) is 19.1 Å². The van der Waals surface area contributed by atoms with Crippen LogP contribution in [0.15, 0.2) is 35.5 Å². The van der Waals surface area contributed by atoms with Crippen LogP contribution < -0.4 is 4.74 Å². The highest BCUT2D eigenvalue weighted by molar-refractivity contribution is 5.87. The number of carbonyl (C=O) groups is 1. The second-order valence-electron chi connectivity index (χ2n) is 5.25. The van der Waals surface area contributed by atoms with Crippen LogP contribution in [-0.2, 0) is 13.0 Å². The number of nitro groups is 1. The molecule has 1 aromatic heterocycles. The van der Waals surface area contributed by atoms with Crippen LogP contribution in [0.3, 0.4) is 0 Å². The summed E-state index contributed by atoms with van der Waals surface area (Å²) in [5, 5.41) is 19.8. The van der Waals surface area contributed by atoms with Crippen LogP contribution in [0.5, 0.6) is 6.01 Å². The van der Waals surface area contributed by atoms with Crippen molar-refractivity contribution in [2.24, 2.45) is 4.99 Å². The number of imidazole rings is 1. The molecule has 124 valence electrons. The molecule has 0 saturated carbocycles. The van der Waals surface area contributed by atoms with Gasteiger partial charge in [0.15, 0.2) is 0 Å². The third-order valence-electron chi connectivity index (χ3n) is 3.55. The van der Waals surface area contributed by atoms with Gasteiger partial charge in [-0.25, -0.2) is 4.79 Å². The second-order valence-corrected chi connectivity index (χ2v) is 5.25. The van der Waals surface area contributed by atoms with E-state index in [4.69, 9.17) is 9.84 Å². The number of carboxylic acids is 1. The Balaban J connectivity index is 1.78. The van der Waals surface area contributed by atoms with Gasteiger partial charge in [-0.05, 0) is 22.6 Å². The van der Waals surface area contributed by atoms with E-state index in [-0.39, 0.29) is 17.4 Å². The molecule has 1 aliphatic rings. The highest BCUT2D eigenvalue weighted by atomic mass is 16.6. The lowest BCUT2D eigenvalue weighted by Gasteiger charge is -2.15. The van der Waals surface area contributed by atoms with Crippen molar-refractivity contribution in [2.75, 3.05) is 6.54 Å². The van der Waals surface area contributed by atoms with E-state index in [1.807, 2.05) is 0 Å². The van der Waals surface area contributed by atoms with Crippen molar-refractivity contribution in [3.05, 3.63) is 51.7 Å². The molecule has 9 heteroatoms. The lowest BCUT2D eigenvalue weighted by Crippen LogP contribution is -2.25. The number of carboxylic acid groups (broad SMARTS) is 1. The first kappa shape index (κ1) is 15.7. The van der Waals surface area contributed by atoms with Gasteiger partial charge in [-0.1, -0.05) is 12.1 Å². The van der Waals surface area contributed by atoms with E-state index in [1.165, 1.54) is 18.3 Å². The summed E-state index contributed by atoms with van der Waals surface area (Å²) in [4.78, 5) is 29.3. The molecule has 0 radical (unpaired) electrons. The third-order valence-corrected chi connectivity index (χ3v) is 3.55. The van der Waals surface area contributed by atoms with E-state index < -0.39 is 17.0 Å². The molecule has 1 atom stereocenters. The third kappa shape index (κ3) is 3.40. The fourth-order valence-electron chi connectivity index (χ4n) is 2.36. The van der Waals surface area contributed by atoms with Crippen molar-refractivity contribution in [1.82, 2.24) is 9.55 Å². The SMILES string of the molecule is O=C(O)c1ccc(CC2C=NCCn3cc([N+](=O)[O-])nc3O2)cc1. The summed E-state index contributed by atoms with van der Waals surface area (Å²) in [7, 11) is 0. The topological polar surface area (TPSA) is 120 Å². The van der Waals surface area contributed by atoms with E-state index >= 15 is 0 Å². The molecule has 2 heterocycles. The van der Waals surface area contributed by atoms with Crippen LogP contribution in [0.4, 0.5) is 5.82 Å². The minimum absolute atomic E-state index is 0.181. The summed E-state index contributed by atoms with van der Waals surface area (Å²) >= 11 is 0. The number of aliphatic imine (C=N–C) groups is 1. The van der Waals surface area contributed by atoms with E-state index in [9.17, 15) is 14.9 Å². The molecule has 0 amide bonds. The number of hydrogen-bond donors (Lipinski definition) is 1. The Bertz CT molecular complexity index is 797. The van der Waals surface area contributed by atoms with E-state index in [0.29, 0.717) is 19.5 Å². The van der Waals surface area contributed by atoms with Gasteiger partial charge in [0.25, 0.3) is 0 Å². The van der Waals surface area contributed by atoms with E-state index in [0.717, 1.165) is 5.56 Å². The molecule has 1 aliphatic heterocycles. The van der Waals surface area contributed by atoms with Crippen molar-refractivity contribution in [3.8, 4) is 6.01 Å². The minimum atomic E-state index is -0.986. The monoisotopic (exact) mass is 330 g/mol. The number of rotatable bonds is 4. The van der Waals surface area contributed by atoms with Crippen molar-refractivity contribution >= 4 is 18.0 Å². The zero-order valence-corrected chi connectivity index (χ0v) is 12.5. The normalized spacial score (nSPS) is 16.6. The number of nitrogens with zero attached hydrogens (tertiary/aromatic N) is 4. The number of aromatic carboxylic acids is 1. The van der Waals surface area contributed by atoms with Crippen LogP contribution in [0.25, 0.3) is 0 Å². The van der Waals surface area contributed by atoms with Gasteiger partial charge < -0.3 is 20.0 Å². The zero-order chi connectivity index (χ0) is 17.1. The Labute approximate surface area is 136 Å². The second kappa shape index (κ2) is 6.49. The first-order valence-electron chi connectivity index (χ1n) is 7.23. The van der Waals surface area contributed by atoms with Crippen LogP contribution in [0.1, 0.15) is 15.9 Å². The molecule has 0 saturated heterocycles. The molecule has 3 rings (SSSR count). The van der Waals surface area contributed by atoms with Crippen LogP contribution >= 0.6 is 0 Å².